The quantitative estimate of drug-likeness (QED) is 0.505. The fraction of sp³-hybridized carbons (Fsp3) is 0.190. The Labute approximate surface area is 166 Å². The minimum Gasteiger partial charge on any atom is -0.494 e. The van der Waals surface area contributed by atoms with Crippen molar-refractivity contribution in [2.75, 3.05) is 19.5 Å². The number of nitrogens with one attached hydrogen (secondary N) is 1. The Kier molecular flexibility index (Phi) is 4.03. The average molecular weight is 395 g/mol. The standard InChI is InChI=1S/C21H19ClN4O2/c1-27-19-13-10-17(24-16(13)7-6-15(19)23)18-11-26-8-9-28-20(21(26)25-18)12-4-2-3-5-14(12)22/h2-7,10-11,20,24H,8-9,23H2,1H3. The van der Waals surface area contributed by atoms with Crippen LogP contribution >= 0.6 is 11.6 Å². The fourth-order valence-corrected chi connectivity index (χ4v) is 4.00. The second-order valence-electron chi connectivity index (χ2n) is 6.78. The first-order valence-corrected chi connectivity index (χ1v) is 9.42. The Morgan fingerprint density at radius 2 is 2.14 bits per heavy atom. The fourth-order valence-electron chi connectivity index (χ4n) is 3.77. The molecule has 3 heterocycles. The molecule has 0 aliphatic carbocycles. The second kappa shape index (κ2) is 6.58. The van der Waals surface area contributed by atoms with Gasteiger partial charge >= 0.3 is 0 Å². The molecule has 1 aliphatic rings. The highest BCUT2D eigenvalue weighted by Crippen LogP contribution is 2.37. The number of ether oxygens (including phenoxy) is 2. The van der Waals surface area contributed by atoms with Gasteiger partial charge in [-0.15, -0.1) is 0 Å². The van der Waals surface area contributed by atoms with E-state index in [4.69, 9.17) is 31.8 Å². The monoisotopic (exact) mass is 394 g/mol. The van der Waals surface area contributed by atoms with E-state index in [1.807, 2.05) is 48.7 Å². The first-order valence-electron chi connectivity index (χ1n) is 9.04. The predicted molar refractivity (Wildman–Crippen MR) is 110 cm³/mol. The molecule has 1 unspecified atom stereocenters. The number of aromatic amines is 1. The molecule has 0 amide bonds. The van der Waals surface area contributed by atoms with Crippen molar-refractivity contribution in [2.45, 2.75) is 12.6 Å². The van der Waals surface area contributed by atoms with Crippen molar-refractivity contribution in [1.82, 2.24) is 14.5 Å². The third-order valence-corrected chi connectivity index (χ3v) is 5.46. The van der Waals surface area contributed by atoms with Crippen LogP contribution in [0.2, 0.25) is 5.02 Å². The molecular formula is C21H19ClN4O2. The highest BCUT2D eigenvalue weighted by Gasteiger charge is 2.27. The maximum absolute atomic E-state index is 6.40. The lowest BCUT2D eigenvalue weighted by atomic mass is 10.1. The van der Waals surface area contributed by atoms with E-state index in [0.29, 0.717) is 23.1 Å². The summed E-state index contributed by atoms with van der Waals surface area (Å²) in [4.78, 5) is 8.28. The summed E-state index contributed by atoms with van der Waals surface area (Å²) in [6, 6.07) is 13.5. The minimum atomic E-state index is -0.286. The molecule has 28 heavy (non-hydrogen) atoms. The summed E-state index contributed by atoms with van der Waals surface area (Å²) in [5, 5.41) is 1.61. The molecule has 2 aromatic heterocycles. The number of anilines is 1. The van der Waals surface area contributed by atoms with Crippen molar-refractivity contribution in [3.05, 3.63) is 65.1 Å². The van der Waals surface area contributed by atoms with Gasteiger partial charge in [-0.25, -0.2) is 4.98 Å². The van der Waals surface area contributed by atoms with Crippen LogP contribution in [0.15, 0.2) is 48.7 Å². The molecule has 0 bridgehead atoms. The third kappa shape index (κ3) is 2.65. The summed E-state index contributed by atoms with van der Waals surface area (Å²) in [7, 11) is 1.62. The summed E-state index contributed by atoms with van der Waals surface area (Å²) < 4.78 is 13.6. The molecule has 1 aliphatic heterocycles. The predicted octanol–water partition coefficient (Wildman–Crippen LogP) is 4.40. The summed E-state index contributed by atoms with van der Waals surface area (Å²) in [6.07, 6.45) is 1.76. The Balaban J connectivity index is 1.61. The van der Waals surface area contributed by atoms with Crippen LogP contribution in [0, 0.1) is 0 Å². The largest absolute Gasteiger partial charge is 0.494 e. The molecule has 3 N–H and O–H groups in total. The number of nitrogens with zero attached hydrogens (tertiary/aromatic N) is 2. The Morgan fingerprint density at radius 3 is 2.96 bits per heavy atom. The van der Waals surface area contributed by atoms with Gasteiger partial charge in [-0.05, 0) is 24.3 Å². The molecule has 0 spiro atoms. The van der Waals surface area contributed by atoms with Gasteiger partial charge in [0, 0.05) is 34.2 Å². The van der Waals surface area contributed by atoms with Crippen LogP contribution in [-0.4, -0.2) is 28.3 Å². The first-order chi connectivity index (χ1) is 13.7. The van der Waals surface area contributed by atoms with Crippen molar-refractivity contribution in [1.29, 1.82) is 0 Å². The molecule has 0 saturated heterocycles. The normalized spacial score (nSPS) is 16.3. The van der Waals surface area contributed by atoms with Gasteiger partial charge in [0.25, 0.3) is 0 Å². The molecular weight excluding hydrogens is 376 g/mol. The number of hydrogen-bond donors (Lipinski definition) is 2. The first kappa shape index (κ1) is 17.2. The summed E-state index contributed by atoms with van der Waals surface area (Å²) in [5.41, 5.74) is 10.3. The highest BCUT2D eigenvalue weighted by atomic mass is 35.5. The third-order valence-electron chi connectivity index (χ3n) is 5.11. The topological polar surface area (TPSA) is 78.1 Å². The molecule has 142 valence electrons. The van der Waals surface area contributed by atoms with Gasteiger partial charge in [0.2, 0.25) is 0 Å². The zero-order valence-corrected chi connectivity index (χ0v) is 16.0. The molecule has 0 fully saturated rings. The lowest BCUT2D eigenvalue weighted by Crippen LogP contribution is -2.22. The Hall–Kier alpha value is -2.96. The summed E-state index contributed by atoms with van der Waals surface area (Å²) in [6.45, 7) is 1.36. The number of H-pyrrole nitrogens is 1. The Morgan fingerprint density at radius 1 is 1.29 bits per heavy atom. The summed E-state index contributed by atoms with van der Waals surface area (Å²) >= 11 is 6.40. The molecule has 5 rings (SSSR count). The maximum Gasteiger partial charge on any atom is 0.151 e. The van der Waals surface area contributed by atoms with Crippen LogP contribution in [-0.2, 0) is 11.3 Å². The molecule has 2 aromatic carbocycles. The van der Waals surface area contributed by atoms with E-state index in [-0.39, 0.29) is 6.10 Å². The molecule has 7 heteroatoms. The van der Waals surface area contributed by atoms with Crippen molar-refractivity contribution in [3.8, 4) is 17.1 Å². The van der Waals surface area contributed by atoms with Crippen LogP contribution in [0.4, 0.5) is 5.69 Å². The number of benzene rings is 2. The van der Waals surface area contributed by atoms with Crippen molar-refractivity contribution in [2.24, 2.45) is 0 Å². The molecule has 6 nitrogen and oxygen atoms in total. The average Bonchev–Trinajstić information content (AvgIpc) is 3.32. The lowest BCUT2D eigenvalue weighted by molar-refractivity contribution is 0.0430. The van der Waals surface area contributed by atoms with Gasteiger partial charge in [-0.1, -0.05) is 29.8 Å². The van der Waals surface area contributed by atoms with Gasteiger partial charge in [0.05, 0.1) is 25.1 Å². The van der Waals surface area contributed by atoms with Crippen LogP contribution in [0.25, 0.3) is 22.3 Å². The van der Waals surface area contributed by atoms with Crippen LogP contribution in [0.3, 0.4) is 0 Å². The van der Waals surface area contributed by atoms with Crippen LogP contribution in [0.5, 0.6) is 5.75 Å². The second-order valence-corrected chi connectivity index (χ2v) is 7.19. The number of methoxy groups -OCH3 is 1. The van der Waals surface area contributed by atoms with Crippen LogP contribution in [0.1, 0.15) is 17.5 Å². The number of hydrogen-bond acceptors (Lipinski definition) is 4. The molecule has 0 saturated carbocycles. The number of nitrogens with two attached hydrogens (primary N) is 1. The van der Waals surface area contributed by atoms with Crippen molar-refractivity contribution < 1.29 is 9.47 Å². The number of imidazole rings is 1. The smallest absolute Gasteiger partial charge is 0.151 e. The molecule has 0 radical (unpaired) electrons. The van der Waals surface area contributed by atoms with E-state index < -0.39 is 0 Å². The SMILES string of the molecule is COc1c(N)ccc2[nH]c(-c3cn4c(n3)C(c3ccccc3Cl)OCC4)cc12. The molecule has 4 aromatic rings. The van der Waals surface area contributed by atoms with Gasteiger partial charge < -0.3 is 24.8 Å². The number of aromatic nitrogens is 3. The summed E-state index contributed by atoms with van der Waals surface area (Å²) in [5.74, 6) is 1.51. The number of rotatable bonds is 3. The van der Waals surface area contributed by atoms with Crippen molar-refractivity contribution >= 4 is 28.2 Å². The van der Waals surface area contributed by atoms with Gasteiger partial charge in [0.1, 0.15) is 17.6 Å². The lowest BCUT2D eigenvalue weighted by Gasteiger charge is -2.24. The van der Waals surface area contributed by atoms with Gasteiger partial charge in [0.15, 0.2) is 5.75 Å². The highest BCUT2D eigenvalue weighted by molar-refractivity contribution is 6.31. The minimum absolute atomic E-state index is 0.286. The van der Waals surface area contributed by atoms with Crippen LogP contribution < -0.4 is 10.5 Å². The maximum atomic E-state index is 6.40. The van der Waals surface area contributed by atoms with E-state index in [0.717, 1.165) is 40.2 Å². The van der Waals surface area contributed by atoms with E-state index in [9.17, 15) is 0 Å². The zero-order valence-electron chi connectivity index (χ0n) is 15.3. The number of halogens is 1. The van der Waals surface area contributed by atoms with Gasteiger partial charge in [-0.3, -0.25) is 0 Å². The van der Waals surface area contributed by atoms with Crippen molar-refractivity contribution in [3.63, 3.8) is 0 Å². The zero-order chi connectivity index (χ0) is 19.3. The Bertz CT molecular complexity index is 1180. The van der Waals surface area contributed by atoms with E-state index in [1.165, 1.54) is 0 Å². The molecule has 1 atom stereocenters. The van der Waals surface area contributed by atoms with E-state index in [2.05, 4.69) is 9.55 Å². The van der Waals surface area contributed by atoms with E-state index >= 15 is 0 Å². The number of fused-ring (bicyclic) bond motifs is 2. The van der Waals surface area contributed by atoms with E-state index in [1.54, 1.807) is 7.11 Å². The number of nitrogen functional groups attached to an aromatic ring is 1. The van der Waals surface area contributed by atoms with Gasteiger partial charge in [-0.2, -0.15) is 0 Å².